The standard InChI is InChI=1S/C23H31NO4/c1-12-10-24(27)11-14-6-4-13-5-7-15-17(21(26)28-3)9-23(19(13)15)20(25)16(12)8-18(24)22(14,23)2/h12,14-18H,4-11H2,1-3H3/t12-,14-,15-,16-,17-,18-,22-,23+,24?/m0/s1. The van der Waals surface area contributed by atoms with Gasteiger partial charge in [-0.25, -0.2) is 0 Å². The van der Waals surface area contributed by atoms with Gasteiger partial charge >= 0.3 is 5.97 Å². The molecule has 2 bridgehead atoms. The number of carbonyl (C=O) groups is 2. The predicted molar refractivity (Wildman–Crippen MR) is 103 cm³/mol. The SMILES string of the molecule is COC(=O)[C@H]1C[C@@]23C(=O)[C@H]4C[C@H]5[C@]2(C)[C@@H](CCC2=C3[C@H]1CC2)C[N+]5([O-])C[C@@H]4C. The Morgan fingerprint density at radius 3 is 2.71 bits per heavy atom. The summed E-state index contributed by atoms with van der Waals surface area (Å²) in [7, 11) is 1.47. The number of Topliss-reactive ketones (excluding diaryl/α,β-unsaturated/α-hetero) is 1. The monoisotopic (exact) mass is 385 g/mol. The van der Waals surface area contributed by atoms with E-state index < -0.39 is 5.41 Å². The molecule has 0 aromatic rings. The summed E-state index contributed by atoms with van der Waals surface area (Å²) in [5.41, 5.74) is 1.88. The van der Waals surface area contributed by atoms with E-state index in [-0.39, 0.29) is 51.7 Å². The van der Waals surface area contributed by atoms with Crippen molar-refractivity contribution in [2.75, 3.05) is 20.2 Å². The number of carbonyl (C=O) groups excluding carboxylic acids is 2. The summed E-state index contributed by atoms with van der Waals surface area (Å²) in [5.74, 6) is 0.588. The molecule has 2 aliphatic heterocycles. The minimum absolute atomic E-state index is 0.0125. The van der Waals surface area contributed by atoms with Crippen molar-refractivity contribution >= 4 is 11.8 Å². The summed E-state index contributed by atoms with van der Waals surface area (Å²) < 4.78 is 5.11. The number of ketones is 1. The summed E-state index contributed by atoms with van der Waals surface area (Å²) in [6.45, 7) is 5.65. The molecular formula is C23H31NO4. The molecule has 1 spiro atoms. The van der Waals surface area contributed by atoms with Gasteiger partial charge in [0.15, 0.2) is 0 Å². The molecule has 152 valence electrons. The molecule has 5 nitrogen and oxygen atoms in total. The Morgan fingerprint density at radius 2 is 1.96 bits per heavy atom. The lowest BCUT2D eigenvalue weighted by atomic mass is 9.45. The molecule has 0 aromatic carbocycles. The summed E-state index contributed by atoms with van der Waals surface area (Å²) in [5, 5.41) is 14.0. The fourth-order valence-electron chi connectivity index (χ4n) is 9.37. The Labute approximate surface area is 166 Å². The number of piperidine rings is 1. The Kier molecular flexibility index (Phi) is 3.21. The number of fused-ring (bicyclic) bond motifs is 1. The largest absolute Gasteiger partial charge is 0.633 e. The van der Waals surface area contributed by atoms with Crippen LogP contribution in [0.2, 0.25) is 0 Å². The summed E-state index contributed by atoms with van der Waals surface area (Å²) >= 11 is 0. The Bertz CT molecular complexity index is 834. The highest BCUT2D eigenvalue weighted by Gasteiger charge is 2.79. The smallest absolute Gasteiger partial charge is 0.309 e. The zero-order valence-corrected chi connectivity index (χ0v) is 17.2. The lowest BCUT2D eigenvalue weighted by Crippen LogP contribution is -2.68. The maximum atomic E-state index is 14.3. The molecule has 0 amide bonds. The Hall–Kier alpha value is -1.20. The number of ether oxygens (including phenoxy) is 1. The molecule has 1 unspecified atom stereocenters. The summed E-state index contributed by atoms with van der Waals surface area (Å²) in [6, 6.07) is 0.0147. The van der Waals surface area contributed by atoms with Crippen LogP contribution in [0.3, 0.4) is 0 Å². The zero-order valence-electron chi connectivity index (χ0n) is 17.2. The Morgan fingerprint density at radius 1 is 1.21 bits per heavy atom. The van der Waals surface area contributed by atoms with Crippen LogP contribution < -0.4 is 0 Å². The number of quaternary nitrogens is 1. The number of hydroxylamine groups is 3. The van der Waals surface area contributed by atoms with Gasteiger partial charge in [-0.2, -0.15) is 0 Å². The van der Waals surface area contributed by atoms with Gasteiger partial charge in [0.1, 0.15) is 5.78 Å². The van der Waals surface area contributed by atoms with Gasteiger partial charge in [-0.05, 0) is 38.0 Å². The highest BCUT2D eigenvalue weighted by Crippen LogP contribution is 2.76. The number of methoxy groups -OCH3 is 1. The van der Waals surface area contributed by atoms with Crippen molar-refractivity contribution in [3.63, 3.8) is 0 Å². The topological polar surface area (TPSA) is 66.4 Å². The first kappa shape index (κ1) is 17.6. The number of rotatable bonds is 1. The fourth-order valence-corrected chi connectivity index (χ4v) is 9.37. The highest BCUT2D eigenvalue weighted by atomic mass is 16.6. The molecule has 2 saturated carbocycles. The predicted octanol–water partition coefficient (Wildman–Crippen LogP) is 3.22. The van der Waals surface area contributed by atoms with E-state index in [0.29, 0.717) is 25.3 Å². The van der Waals surface area contributed by atoms with Crippen molar-refractivity contribution in [2.24, 2.45) is 40.4 Å². The maximum Gasteiger partial charge on any atom is 0.309 e. The van der Waals surface area contributed by atoms with Gasteiger partial charge in [0.05, 0.1) is 37.6 Å². The molecule has 0 aromatic heterocycles. The maximum absolute atomic E-state index is 14.3. The average Bonchev–Trinajstić information content (AvgIpc) is 3.26. The van der Waals surface area contributed by atoms with Crippen LogP contribution in [-0.4, -0.2) is 42.6 Å². The van der Waals surface area contributed by atoms with E-state index in [1.807, 2.05) is 0 Å². The lowest BCUT2D eigenvalue weighted by molar-refractivity contribution is -0.908. The van der Waals surface area contributed by atoms with Gasteiger partial charge in [0, 0.05) is 29.6 Å². The van der Waals surface area contributed by atoms with E-state index in [1.165, 1.54) is 18.3 Å². The highest BCUT2D eigenvalue weighted by molar-refractivity contribution is 5.95. The van der Waals surface area contributed by atoms with Crippen molar-refractivity contribution in [1.29, 1.82) is 0 Å². The molecule has 0 N–H and O–H groups in total. The van der Waals surface area contributed by atoms with Gasteiger partial charge in [-0.15, -0.1) is 0 Å². The third kappa shape index (κ3) is 1.63. The van der Waals surface area contributed by atoms with Gasteiger partial charge in [0.25, 0.3) is 0 Å². The molecule has 2 heterocycles. The normalized spacial score (nSPS) is 55.9. The molecule has 4 fully saturated rings. The molecule has 5 heteroatoms. The summed E-state index contributed by atoms with van der Waals surface area (Å²) in [4.78, 5) is 27.0. The second-order valence-corrected chi connectivity index (χ2v) is 10.9. The van der Waals surface area contributed by atoms with Gasteiger partial charge in [0.2, 0.25) is 0 Å². The number of allylic oxidation sites excluding steroid dienone is 2. The van der Waals surface area contributed by atoms with Crippen molar-refractivity contribution in [2.45, 2.75) is 58.4 Å². The second-order valence-electron chi connectivity index (χ2n) is 10.9. The van der Waals surface area contributed by atoms with Crippen LogP contribution in [-0.2, 0) is 14.3 Å². The number of esters is 1. The zero-order chi connectivity index (χ0) is 19.6. The second kappa shape index (κ2) is 5.10. The fraction of sp³-hybridized carbons (Fsp3) is 0.826. The van der Waals surface area contributed by atoms with Gasteiger partial charge in [-0.3, -0.25) is 9.59 Å². The van der Waals surface area contributed by atoms with E-state index in [9.17, 15) is 14.8 Å². The van der Waals surface area contributed by atoms with E-state index in [0.717, 1.165) is 32.1 Å². The Balaban J connectivity index is 1.63. The van der Waals surface area contributed by atoms with Gasteiger partial charge in [-0.1, -0.05) is 25.0 Å². The van der Waals surface area contributed by atoms with Crippen LogP contribution in [0.5, 0.6) is 0 Å². The lowest BCUT2D eigenvalue weighted by Gasteiger charge is -2.62. The van der Waals surface area contributed by atoms with Crippen LogP contribution in [0, 0.1) is 45.6 Å². The van der Waals surface area contributed by atoms with Crippen molar-refractivity contribution in [3.05, 3.63) is 16.4 Å². The first-order valence-electron chi connectivity index (χ1n) is 11.2. The molecule has 28 heavy (non-hydrogen) atoms. The quantitative estimate of drug-likeness (QED) is 0.301. The molecular weight excluding hydrogens is 354 g/mol. The molecule has 6 rings (SSSR count). The number of nitrogens with zero attached hydrogens (tertiary/aromatic N) is 1. The van der Waals surface area contributed by atoms with Crippen molar-refractivity contribution < 1.29 is 19.0 Å². The first-order valence-corrected chi connectivity index (χ1v) is 11.2. The minimum atomic E-state index is -0.587. The average molecular weight is 386 g/mol. The van der Waals surface area contributed by atoms with E-state index >= 15 is 0 Å². The van der Waals surface area contributed by atoms with E-state index in [4.69, 9.17) is 4.74 Å². The third-order valence-electron chi connectivity index (χ3n) is 10.4. The number of hydrogen-bond donors (Lipinski definition) is 0. The molecule has 4 aliphatic carbocycles. The van der Waals surface area contributed by atoms with Crippen molar-refractivity contribution in [3.8, 4) is 0 Å². The van der Waals surface area contributed by atoms with Crippen LogP contribution in [0.15, 0.2) is 11.1 Å². The van der Waals surface area contributed by atoms with Crippen LogP contribution in [0.1, 0.15) is 52.4 Å². The summed E-state index contributed by atoms with van der Waals surface area (Å²) in [6.07, 6.45) is 5.40. The van der Waals surface area contributed by atoms with Crippen LogP contribution in [0.4, 0.5) is 0 Å². The van der Waals surface area contributed by atoms with Crippen LogP contribution in [0.25, 0.3) is 0 Å². The first-order chi connectivity index (χ1) is 13.3. The third-order valence-corrected chi connectivity index (χ3v) is 10.4. The molecule has 2 saturated heterocycles. The molecule has 6 aliphatic rings. The molecule has 9 atom stereocenters. The van der Waals surface area contributed by atoms with E-state index in [1.54, 1.807) is 0 Å². The van der Waals surface area contributed by atoms with Gasteiger partial charge < -0.3 is 14.6 Å². The van der Waals surface area contributed by atoms with Crippen molar-refractivity contribution in [1.82, 2.24) is 0 Å². The van der Waals surface area contributed by atoms with E-state index in [2.05, 4.69) is 13.8 Å². The minimum Gasteiger partial charge on any atom is -0.633 e. The number of hydrogen-bond acceptors (Lipinski definition) is 4. The van der Waals surface area contributed by atoms with Crippen LogP contribution >= 0.6 is 0 Å². The molecule has 0 radical (unpaired) electrons.